The van der Waals surface area contributed by atoms with E-state index in [0.717, 1.165) is 5.75 Å². The molecule has 0 aliphatic carbocycles. The molecule has 0 aliphatic rings. The number of pyridine rings is 1. The van der Waals surface area contributed by atoms with E-state index in [4.69, 9.17) is 0 Å². The lowest BCUT2D eigenvalue weighted by atomic mass is 10.2. The summed E-state index contributed by atoms with van der Waals surface area (Å²) >= 11 is 4.92. The maximum Gasteiger partial charge on any atom is 0.251 e. The van der Waals surface area contributed by atoms with E-state index < -0.39 is 0 Å². The van der Waals surface area contributed by atoms with Gasteiger partial charge in [-0.3, -0.25) is 4.79 Å². The predicted molar refractivity (Wildman–Crippen MR) is 62.7 cm³/mol. The smallest absolute Gasteiger partial charge is 0.251 e. The fourth-order valence-electron chi connectivity index (χ4n) is 0.912. The molecule has 1 aromatic rings. The Labute approximate surface area is 95.8 Å². The summed E-state index contributed by atoms with van der Waals surface area (Å²) in [7, 11) is 0. The van der Waals surface area contributed by atoms with Crippen LogP contribution >= 0.6 is 27.7 Å². The number of halogens is 1. The number of hydrogen-bond donors (Lipinski definition) is 1. The molecule has 0 saturated carbocycles. The number of nitrogens with one attached hydrogen (secondary N) is 1. The van der Waals surface area contributed by atoms with Crippen LogP contribution in [-0.4, -0.2) is 29.4 Å². The summed E-state index contributed by atoms with van der Waals surface area (Å²) in [5.41, 5.74) is 0.632. The first-order valence-electron chi connectivity index (χ1n) is 4.12. The van der Waals surface area contributed by atoms with E-state index in [-0.39, 0.29) is 5.91 Å². The molecule has 0 bridgehead atoms. The quantitative estimate of drug-likeness (QED) is 0.674. The van der Waals surface area contributed by atoms with Crippen molar-refractivity contribution in [3.05, 3.63) is 28.5 Å². The van der Waals surface area contributed by atoms with Crippen LogP contribution in [0.4, 0.5) is 0 Å². The van der Waals surface area contributed by atoms with Crippen LogP contribution in [0.25, 0.3) is 0 Å². The SMILES string of the molecule is CSCCNC(=O)c1ccnc(Br)c1. The second kappa shape index (κ2) is 6.03. The number of hydrogen-bond acceptors (Lipinski definition) is 3. The Hall–Kier alpha value is -0.550. The average Bonchev–Trinajstić information content (AvgIpc) is 2.18. The second-order valence-corrected chi connectivity index (χ2v) is 4.41. The van der Waals surface area contributed by atoms with Crippen LogP contribution in [0.1, 0.15) is 10.4 Å². The minimum absolute atomic E-state index is 0.0536. The van der Waals surface area contributed by atoms with Gasteiger partial charge in [0.05, 0.1) is 0 Å². The summed E-state index contributed by atoms with van der Waals surface area (Å²) < 4.78 is 0.676. The molecule has 3 nitrogen and oxygen atoms in total. The molecular weight excluding hydrogens is 264 g/mol. The molecule has 1 rings (SSSR count). The molecule has 1 N–H and O–H groups in total. The zero-order valence-corrected chi connectivity index (χ0v) is 10.2. The van der Waals surface area contributed by atoms with Gasteiger partial charge in [0.25, 0.3) is 5.91 Å². The standard InChI is InChI=1S/C9H11BrN2OS/c1-14-5-4-12-9(13)7-2-3-11-8(10)6-7/h2-3,6H,4-5H2,1H3,(H,12,13). The van der Waals surface area contributed by atoms with Crippen molar-refractivity contribution in [3.63, 3.8) is 0 Å². The molecular formula is C9H11BrN2OS. The molecule has 0 unspecified atom stereocenters. The van der Waals surface area contributed by atoms with Crippen LogP contribution in [0.15, 0.2) is 22.9 Å². The van der Waals surface area contributed by atoms with Gasteiger partial charge in [0.15, 0.2) is 0 Å². The van der Waals surface area contributed by atoms with E-state index in [1.54, 1.807) is 30.1 Å². The highest BCUT2D eigenvalue weighted by Crippen LogP contribution is 2.07. The Kier molecular flexibility index (Phi) is 4.97. The minimum Gasteiger partial charge on any atom is -0.351 e. The largest absolute Gasteiger partial charge is 0.351 e. The Balaban J connectivity index is 2.52. The third-order valence-corrected chi connectivity index (χ3v) is 2.63. The van der Waals surface area contributed by atoms with Crippen molar-refractivity contribution < 1.29 is 4.79 Å². The van der Waals surface area contributed by atoms with Crippen molar-refractivity contribution in [2.45, 2.75) is 0 Å². The lowest BCUT2D eigenvalue weighted by Crippen LogP contribution is -2.25. The summed E-state index contributed by atoms with van der Waals surface area (Å²) in [5.74, 6) is 0.875. The third-order valence-electron chi connectivity index (χ3n) is 1.58. The van der Waals surface area contributed by atoms with Gasteiger partial charge in [-0.25, -0.2) is 4.98 Å². The zero-order chi connectivity index (χ0) is 10.4. The van der Waals surface area contributed by atoms with Crippen LogP contribution < -0.4 is 5.32 Å². The van der Waals surface area contributed by atoms with Crippen LogP contribution in [-0.2, 0) is 0 Å². The van der Waals surface area contributed by atoms with Gasteiger partial charge in [-0.2, -0.15) is 11.8 Å². The van der Waals surface area contributed by atoms with Crippen molar-refractivity contribution in [3.8, 4) is 0 Å². The summed E-state index contributed by atoms with van der Waals surface area (Å²) in [4.78, 5) is 15.5. The van der Waals surface area contributed by atoms with Crippen molar-refractivity contribution in [2.75, 3.05) is 18.6 Å². The highest BCUT2D eigenvalue weighted by molar-refractivity contribution is 9.10. The van der Waals surface area contributed by atoms with Crippen molar-refractivity contribution in [1.29, 1.82) is 0 Å². The number of rotatable bonds is 4. The summed E-state index contributed by atoms with van der Waals surface area (Å²) in [6.45, 7) is 0.694. The normalized spacial score (nSPS) is 9.86. The van der Waals surface area contributed by atoms with Gasteiger partial charge in [0.2, 0.25) is 0 Å². The fraction of sp³-hybridized carbons (Fsp3) is 0.333. The van der Waals surface area contributed by atoms with Crippen LogP contribution in [0.5, 0.6) is 0 Å². The maximum absolute atomic E-state index is 11.5. The molecule has 0 atom stereocenters. The van der Waals surface area contributed by atoms with E-state index >= 15 is 0 Å². The lowest BCUT2D eigenvalue weighted by Gasteiger charge is -2.03. The zero-order valence-electron chi connectivity index (χ0n) is 7.79. The number of carbonyl (C=O) groups excluding carboxylic acids is 1. The van der Waals surface area contributed by atoms with Crippen LogP contribution in [0, 0.1) is 0 Å². The molecule has 0 saturated heterocycles. The molecule has 0 aromatic carbocycles. The highest BCUT2D eigenvalue weighted by Gasteiger charge is 2.04. The van der Waals surface area contributed by atoms with Crippen LogP contribution in [0.2, 0.25) is 0 Å². The lowest BCUT2D eigenvalue weighted by molar-refractivity contribution is 0.0956. The minimum atomic E-state index is -0.0536. The Morgan fingerprint density at radius 2 is 2.50 bits per heavy atom. The molecule has 76 valence electrons. The molecule has 1 aromatic heterocycles. The molecule has 1 heterocycles. The van der Waals surface area contributed by atoms with Crippen molar-refractivity contribution >= 4 is 33.6 Å². The average molecular weight is 275 g/mol. The van der Waals surface area contributed by atoms with E-state index in [2.05, 4.69) is 26.2 Å². The van der Waals surface area contributed by atoms with Gasteiger partial charge >= 0.3 is 0 Å². The molecule has 5 heteroatoms. The first-order valence-corrected chi connectivity index (χ1v) is 6.31. The van der Waals surface area contributed by atoms with Gasteiger partial charge < -0.3 is 5.32 Å². The first-order chi connectivity index (χ1) is 6.74. The summed E-state index contributed by atoms with van der Waals surface area (Å²) in [6.07, 6.45) is 3.61. The first kappa shape index (κ1) is 11.5. The molecule has 0 radical (unpaired) electrons. The monoisotopic (exact) mass is 274 g/mol. The molecule has 1 amide bonds. The van der Waals surface area contributed by atoms with E-state index in [9.17, 15) is 4.79 Å². The summed E-state index contributed by atoms with van der Waals surface area (Å²) in [6, 6.07) is 3.40. The van der Waals surface area contributed by atoms with E-state index in [0.29, 0.717) is 16.7 Å². The third kappa shape index (κ3) is 3.67. The van der Waals surface area contributed by atoms with Crippen LogP contribution in [0.3, 0.4) is 0 Å². The van der Waals surface area contributed by atoms with Crippen molar-refractivity contribution in [1.82, 2.24) is 10.3 Å². The molecule has 0 aliphatic heterocycles. The van der Waals surface area contributed by atoms with E-state index in [1.807, 2.05) is 6.26 Å². The maximum atomic E-state index is 11.5. The highest BCUT2D eigenvalue weighted by atomic mass is 79.9. The molecule has 14 heavy (non-hydrogen) atoms. The number of carbonyl (C=O) groups is 1. The van der Waals surface area contributed by atoms with Crippen molar-refractivity contribution in [2.24, 2.45) is 0 Å². The second-order valence-electron chi connectivity index (χ2n) is 2.62. The van der Waals surface area contributed by atoms with Gasteiger partial charge in [-0.1, -0.05) is 0 Å². The van der Waals surface area contributed by atoms with Gasteiger partial charge in [0, 0.05) is 24.1 Å². The topological polar surface area (TPSA) is 42.0 Å². The molecule has 0 spiro atoms. The number of amides is 1. The van der Waals surface area contributed by atoms with E-state index in [1.165, 1.54) is 0 Å². The Bertz CT molecular complexity index is 319. The van der Waals surface area contributed by atoms with Gasteiger partial charge in [-0.05, 0) is 34.3 Å². The Morgan fingerprint density at radius 1 is 1.71 bits per heavy atom. The number of thioether (sulfide) groups is 1. The summed E-state index contributed by atoms with van der Waals surface area (Å²) in [5, 5.41) is 2.82. The number of nitrogens with zero attached hydrogens (tertiary/aromatic N) is 1. The fourth-order valence-corrected chi connectivity index (χ4v) is 1.58. The van der Waals surface area contributed by atoms with Gasteiger partial charge in [-0.15, -0.1) is 0 Å². The Morgan fingerprint density at radius 3 is 3.14 bits per heavy atom. The number of aromatic nitrogens is 1. The van der Waals surface area contributed by atoms with Gasteiger partial charge in [0.1, 0.15) is 4.60 Å². The predicted octanol–water partition coefficient (Wildman–Crippen LogP) is 1.94. The molecule has 0 fully saturated rings.